The van der Waals surface area contributed by atoms with Crippen molar-refractivity contribution < 1.29 is 4.21 Å². The second kappa shape index (κ2) is 5.43. The zero-order valence-corrected chi connectivity index (χ0v) is 12.8. The molecule has 0 saturated carbocycles. The highest BCUT2D eigenvalue weighted by Gasteiger charge is 2.27. The van der Waals surface area contributed by atoms with Crippen LogP contribution in [0.25, 0.3) is 0 Å². The molecule has 0 aromatic heterocycles. The molecule has 0 bridgehead atoms. The van der Waals surface area contributed by atoms with Crippen LogP contribution < -0.4 is 4.90 Å². The summed E-state index contributed by atoms with van der Waals surface area (Å²) in [5.74, 6) is 0. The zero-order chi connectivity index (χ0) is 14.9. The van der Waals surface area contributed by atoms with Crippen molar-refractivity contribution in [3.63, 3.8) is 0 Å². The Morgan fingerprint density at radius 1 is 0.682 bits per heavy atom. The van der Waals surface area contributed by atoms with E-state index in [4.69, 9.17) is 0 Å². The topological polar surface area (TPSA) is 20.3 Å². The molecular weight excluding hydrogens is 290 g/mol. The molecule has 1 aliphatic rings. The molecule has 0 spiro atoms. The van der Waals surface area contributed by atoms with E-state index < -0.39 is 10.8 Å². The summed E-state index contributed by atoms with van der Waals surface area (Å²) in [6, 6.07) is 26.3. The van der Waals surface area contributed by atoms with E-state index in [1.54, 1.807) is 0 Å². The molecule has 0 aliphatic carbocycles. The number of hydrogen-bond donors (Lipinski definition) is 0. The van der Waals surface area contributed by atoms with E-state index in [1.807, 2.05) is 54.6 Å². The smallest absolute Gasteiger partial charge is 0.0892 e. The summed E-state index contributed by atoms with van der Waals surface area (Å²) in [7, 11) is -1.11. The molecule has 3 aromatic carbocycles. The predicted octanol–water partition coefficient (Wildman–Crippen LogP) is 4.51. The van der Waals surface area contributed by atoms with E-state index in [2.05, 4.69) is 29.2 Å². The van der Waals surface area contributed by atoms with Crippen molar-refractivity contribution in [1.29, 1.82) is 0 Å². The lowest BCUT2D eigenvalue weighted by Gasteiger charge is -2.32. The fraction of sp³-hybridized carbons (Fsp3) is 0.0526. The largest absolute Gasteiger partial charge is 0.335 e. The van der Waals surface area contributed by atoms with Gasteiger partial charge < -0.3 is 4.90 Å². The lowest BCUT2D eigenvalue weighted by molar-refractivity contribution is 0.681. The molecule has 2 nitrogen and oxygen atoms in total. The number of fused-ring (bicyclic) bond motifs is 2. The predicted molar refractivity (Wildman–Crippen MR) is 89.8 cm³/mol. The highest BCUT2D eigenvalue weighted by Crippen LogP contribution is 2.42. The van der Waals surface area contributed by atoms with Gasteiger partial charge in [0.15, 0.2) is 0 Å². The number of benzene rings is 3. The van der Waals surface area contributed by atoms with Gasteiger partial charge in [0, 0.05) is 6.54 Å². The molecule has 3 aromatic rings. The molecule has 108 valence electrons. The summed E-state index contributed by atoms with van der Waals surface area (Å²) in [5.41, 5.74) is 3.30. The van der Waals surface area contributed by atoms with Crippen LogP contribution in [0.2, 0.25) is 0 Å². The van der Waals surface area contributed by atoms with Gasteiger partial charge in [0.2, 0.25) is 0 Å². The van der Waals surface area contributed by atoms with Gasteiger partial charge in [-0.2, -0.15) is 0 Å². The number of hydrogen-bond acceptors (Lipinski definition) is 2. The van der Waals surface area contributed by atoms with Gasteiger partial charge in [-0.05, 0) is 29.8 Å². The van der Waals surface area contributed by atoms with Gasteiger partial charge >= 0.3 is 0 Å². The minimum atomic E-state index is -1.11. The standard InChI is InChI=1S/C19H15NOS/c21-22-18-12-6-4-10-16(18)20(14-15-8-2-1-3-9-15)17-11-5-7-13-19(17)22/h1-13H,14H2. The first-order chi connectivity index (χ1) is 10.8. The summed E-state index contributed by atoms with van der Waals surface area (Å²) in [5, 5.41) is 0. The second-order valence-electron chi connectivity index (χ2n) is 5.28. The Morgan fingerprint density at radius 2 is 1.18 bits per heavy atom. The van der Waals surface area contributed by atoms with Crippen molar-refractivity contribution in [3.8, 4) is 0 Å². The average molecular weight is 305 g/mol. The highest BCUT2D eigenvalue weighted by atomic mass is 32.2. The SMILES string of the molecule is O=S1c2ccccc2N(Cc2ccccc2)c2ccccc21. The van der Waals surface area contributed by atoms with E-state index >= 15 is 0 Å². The first kappa shape index (κ1) is 13.3. The van der Waals surface area contributed by atoms with Crippen molar-refractivity contribution in [1.82, 2.24) is 0 Å². The lowest BCUT2D eigenvalue weighted by atomic mass is 10.1. The Labute approximate surface area is 132 Å². The summed E-state index contributed by atoms with van der Waals surface area (Å²) in [6.07, 6.45) is 0. The van der Waals surface area contributed by atoms with Crippen LogP contribution in [0.5, 0.6) is 0 Å². The third-order valence-electron chi connectivity index (χ3n) is 3.90. The lowest BCUT2D eigenvalue weighted by Crippen LogP contribution is -2.23. The molecule has 1 heterocycles. The fourth-order valence-electron chi connectivity index (χ4n) is 2.86. The zero-order valence-electron chi connectivity index (χ0n) is 12.0. The monoisotopic (exact) mass is 305 g/mol. The summed E-state index contributed by atoms with van der Waals surface area (Å²) in [6.45, 7) is 0.770. The molecule has 3 heteroatoms. The number of rotatable bonds is 2. The van der Waals surface area contributed by atoms with Crippen LogP contribution >= 0.6 is 0 Å². The maximum Gasteiger partial charge on any atom is 0.0892 e. The van der Waals surface area contributed by atoms with Crippen molar-refractivity contribution in [3.05, 3.63) is 84.4 Å². The van der Waals surface area contributed by atoms with Gasteiger partial charge in [-0.1, -0.05) is 54.6 Å². The molecule has 0 saturated heterocycles. The van der Waals surface area contributed by atoms with Crippen LogP contribution in [0.1, 0.15) is 5.56 Å². The van der Waals surface area contributed by atoms with E-state index in [9.17, 15) is 4.21 Å². The molecule has 0 fully saturated rings. The molecule has 0 amide bonds. The second-order valence-corrected chi connectivity index (χ2v) is 6.69. The van der Waals surface area contributed by atoms with Crippen LogP contribution in [0.3, 0.4) is 0 Å². The number of nitrogens with zero attached hydrogens (tertiary/aromatic N) is 1. The van der Waals surface area contributed by atoms with Crippen molar-refractivity contribution >= 4 is 22.2 Å². The summed E-state index contributed by atoms with van der Waals surface area (Å²) >= 11 is 0. The average Bonchev–Trinajstić information content (AvgIpc) is 2.59. The van der Waals surface area contributed by atoms with E-state index in [1.165, 1.54) is 5.56 Å². The molecule has 1 aliphatic heterocycles. The van der Waals surface area contributed by atoms with Gasteiger partial charge in [-0.15, -0.1) is 0 Å². The van der Waals surface area contributed by atoms with E-state index in [0.29, 0.717) is 0 Å². The molecule has 0 atom stereocenters. The minimum absolute atomic E-state index is 0.770. The fourth-order valence-corrected chi connectivity index (χ4v) is 4.24. The molecule has 0 unspecified atom stereocenters. The Hall–Kier alpha value is -2.39. The van der Waals surface area contributed by atoms with E-state index in [0.717, 1.165) is 27.7 Å². The van der Waals surface area contributed by atoms with Gasteiger partial charge in [0.1, 0.15) is 0 Å². The third-order valence-corrected chi connectivity index (χ3v) is 5.38. The minimum Gasteiger partial charge on any atom is -0.335 e. The normalized spacial score (nSPS) is 13.5. The number of anilines is 2. The van der Waals surface area contributed by atoms with Gasteiger partial charge in [-0.3, -0.25) is 0 Å². The maximum absolute atomic E-state index is 12.8. The van der Waals surface area contributed by atoms with Crippen LogP contribution in [-0.4, -0.2) is 4.21 Å². The molecule has 0 N–H and O–H groups in total. The Bertz CT molecular complexity index is 795. The van der Waals surface area contributed by atoms with Gasteiger partial charge in [0.05, 0.1) is 32.0 Å². The van der Waals surface area contributed by atoms with Crippen molar-refractivity contribution in [2.75, 3.05) is 4.90 Å². The quantitative estimate of drug-likeness (QED) is 0.694. The Balaban J connectivity index is 1.87. The van der Waals surface area contributed by atoms with E-state index in [-0.39, 0.29) is 0 Å². The third kappa shape index (κ3) is 2.14. The Morgan fingerprint density at radius 3 is 1.77 bits per heavy atom. The van der Waals surface area contributed by atoms with Crippen LogP contribution in [-0.2, 0) is 17.3 Å². The van der Waals surface area contributed by atoms with Crippen molar-refractivity contribution in [2.45, 2.75) is 16.3 Å². The summed E-state index contributed by atoms with van der Waals surface area (Å²) in [4.78, 5) is 4.02. The number of para-hydroxylation sites is 2. The first-order valence-electron chi connectivity index (χ1n) is 7.26. The molecule has 22 heavy (non-hydrogen) atoms. The first-order valence-corrected chi connectivity index (χ1v) is 8.41. The van der Waals surface area contributed by atoms with Crippen LogP contribution in [0.4, 0.5) is 11.4 Å². The van der Waals surface area contributed by atoms with Crippen molar-refractivity contribution in [2.24, 2.45) is 0 Å². The maximum atomic E-state index is 12.8. The molecular formula is C19H15NOS. The van der Waals surface area contributed by atoms with Crippen LogP contribution in [0.15, 0.2) is 88.7 Å². The Kier molecular flexibility index (Phi) is 3.28. The molecule has 4 rings (SSSR count). The van der Waals surface area contributed by atoms with Gasteiger partial charge in [0.25, 0.3) is 0 Å². The van der Waals surface area contributed by atoms with Gasteiger partial charge in [-0.25, -0.2) is 4.21 Å². The molecule has 0 radical (unpaired) electrons. The highest BCUT2D eigenvalue weighted by molar-refractivity contribution is 7.85. The summed E-state index contributed by atoms with van der Waals surface area (Å²) < 4.78 is 12.8. The van der Waals surface area contributed by atoms with Crippen LogP contribution in [0, 0.1) is 0 Å².